The first-order valence-corrected chi connectivity index (χ1v) is 9.55. The maximum atomic E-state index is 12.7. The van der Waals surface area contributed by atoms with E-state index in [1.165, 1.54) is 0 Å². The molecule has 0 aromatic carbocycles. The van der Waals surface area contributed by atoms with Crippen molar-refractivity contribution in [2.45, 2.75) is 39.2 Å². The lowest BCUT2D eigenvalue weighted by molar-refractivity contribution is -0.149. The van der Waals surface area contributed by atoms with Gasteiger partial charge in [0.2, 0.25) is 0 Å². The maximum Gasteiger partial charge on any atom is 0.317 e. The second kappa shape index (κ2) is 7.70. The monoisotopic (exact) mass is 363 g/mol. The maximum absolute atomic E-state index is 12.7. The van der Waals surface area contributed by atoms with E-state index in [9.17, 15) is 14.7 Å². The van der Waals surface area contributed by atoms with Crippen LogP contribution in [0.5, 0.6) is 0 Å². The normalized spacial score (nSPS) is 26.1. The second-order valence-corrected chi connectivity index (χ2v) is 7.37. The second-order valence-electron chi connectivity index (χ2n) is 7.37. The molecule has 0 bridgehead atoms. The van der Waals surface area contributed by atoms with Crippen LogP contribution < -0.4 is 5.32 Å². The quantitative estimate of drug-likeness (QED) is 0.778. The Balaban J connectivity index is 1.63. The predicted octanol–water partition coefficient (Wildman–Crippen LogP) is 2.56. The van der Waals surface area contributed by atoms with E-state index >= 15 is 0 Å². The Morgan fingerprint density at radius 3 is 2.81 bits per heavy atom. The van der Waals surface area contributed by atoms with E-state index in [1.54, 1.807) is 11.2 Å². The number of aliphatic carboxylic acids is 1. The van der Waals surface area contributed by atoms with Crippen LogP contribution in [0.4, 0.5) is 4.79 Å². The lowest BCUT2D eigenvalue weighted by Gasteiger charge is -2.29. The van der Waals surface area contributed by atoms with Gasteiger partial charge < -0.3 is 19.7 Å². The number of hydrogen-bond donors (Lipinski definition) is 2. The topological polar surface area (TPSA) is 86.0 Å². The molecule has 7 nitrogen and oxygen atoms in total. The SMILES string of the molecule is CCN(CC)C(CNC(=O)N1C[C@@H]2CCC[C@@]2(C(=O)O)C1)c1ccco1. The first-order valence-electron chi connectivity index (χ1n) is 9.55. The lowest BCUT2D eigenvalue weighted by atomic mass is 9.81. The van der Waals surface area contributed by atoms with Gasteiger partial charge in [-0.25, -0.2) is 4.79 Å². The third kappa shape index (κ3) is 3.32. The third-order valence-corrected chi connectivity index (χ3v) is 6.16. The highest BCUT2D eigenvalue weighted by molar-refractivity contribution is 5.80. The van der Waals surface area contributed by atoms with Crippen molar-refractivity contribution in [2.24, 2.45) is 11.3 Å². The van der Waals surface area contributed by atoms with E-state index in [1.807, 2.05) is 12.1 Å². The summed E-state index contributed by atoms with van der Waals surface area (Å²) in [6, 6.07) is 3.57. The number of fused-ring (bicyclic) bond motifs is 1. The van der Waals surface area contributed by atoms with Gasteiger partial charge in [-0.05, 0) is 44.0 Å². The van der Waals surface area contributed by atoms with E-state index in [4.69, 9.17) is 4.42 Å². The van der Waals surface area contributed by atoms with Crippen LogP contribution in [0.3, 0.4) is 0 Å². The molecule has 2 fully saturated rings. The van der Waals surface area contributed by atoms with Gasteiger partial charge in [0.15, 0.2) is 0 Å². The molecule has 0 radical (unpaired) electrons. The molecular formula is C19H29N3O4. The van der Waals surface area contributed by atoms with Crippen LogP contribution in [-0.4, -0.2) is 59.6 Å². The fourth-order valence-electron chi connectivity index (χ4n) is 4.64. The molecule has 2 amide bonds. The molecule has 3 rings (SSSR count). The van der Waals surface area contributed by atoms with Gasteiger partial charge in [0.25, 0.3) is 0 Å². The summed E-state index contributed by atoms with van der Waals surface area (Å²) in [4.78, 5) is 28.4. The number of carbonyl (C=O) groups is 2. The molecule has 1 aromatic heterocycles. The van der Waals surface area contributed by atoms with Crippen molar-refractivity contribution in [3.05, 3.63) is 24.2 Å². The number of nitrogens with zero attached hydrogens (tertiary/aromatic N) is 2. The van der Waals surface area contributed by atoms with Crippen LogP contribution in [0.2, 0.25) is 0 Å². The molecule has 144 valence electrons. The lowest BCUT2D eigenvalue weighted by Crippen LogP contribution is -2.45. The van der Waals surface area contributed by atoms with Crippen LogP contribution in [0.25, 0.3) is 0 Å². The minimum atomic E-state index is -0.757. The summed E-state index contributed by atoms with van der Waals surface area (Å²) >= 11 is 0. The Bertz CT molecular complexity index is 629. The summed E-state index contributed by atoms with van der Waals surface area (Å²) in [5.74, 6) is 0.149. The van der Waals surface area contributed by atoms with Crippen LogP contribution in [0.1, 0.15) is 44.9 Å². The number of carboxylic acids is 1. The van der Waals surface area contributed by atoms with E-state index in [-0.39, 0.29) is 18.0 Å². The molecule has 1 unspecified atom stereocenters. The van der Waals surface area contributed by atoms with E-state index in [2.05, 4.69) is 24.1 Å². The van der Waals surface area contributed by atoms with Crippen molar-refractivity contribution in [1.29, 1.82) is 0 Å². The summed E-state index contributed by atoms with van der Waals surface area (Å²) in [5, 5.41) is 12.7. The predicted molar refractivity (Wildman–Crippen MR) is 96.8 cm³/mol. The number of amides is 2. The molecular weight excluding hydrogens is 334 g/mol. The molecule has 2 aliphatic rings. The Morgan fingerprint density at radius 1 is 1.46 bits per heavy atom. The summed E-state index contributed by atoms with van der Waals surface area (Å²) in [6.45, 7) is 7.16. The zero-order valence-corrected chi connectivity index (χ0v) is 15.6. The van der Waals surface area contributed by atoms with E-state index in [0.29, 0.717) is 26.1 Å². The molecule has 1 saturated heterocycles. The number of likely N-dealkylation sites (tertiary alicyclic amines) is 1. The van der Waals surface area contributed by atoms with Gasteiger partial charge in [-0.15, -0.1) is 0 Å². The summed E-state index contributed by atoms with van der Waals surface area (Å²) in [7, 11) is 0. The smallest absolute Gasteiger partial charge is 0.317 e. The summed E-state index contributed by atoms with van der Waals surface area (Å²) in [6.07, 6.45) is 4.15. The number of carboxylic acid groups (broad SMARTS) is 1. The molecule has 0 spiro atoms. The third-order valence-electron chi connectivity index (χ3n) is 6.16. The highest BCUT2D eigenvalue weighted by Gasteiger charge is 2.55. The van der Waals surface area contributed by atoms with Gasteiger partial charge in [0, 0.05) is 19.6 Å². The first kappa shape index (κ1) is 18.8. The fraction of sp³-hybridized carbons (Fsp3) is 0.684. The zero-order valence-electron chi connectivity index (χ0n) is 15.6. The standard InChI is InChI=1S/C19H29N3O4/c1-3-21(4-2)15(16-8-6-10-26-16)11-20-18(25)22-12-14-7-5-9-19(14,13-22)17(23)24/h6,8,10,14-15H,3-5,7,9,11-13H2,1-2H3,(H,20,25)(H,23,24)/t14-,15?,19+/m0/s1. The highest BCUT2D eigenvalue weighted by atomic mass is 16.4. The summed E-state index contributed by atoms with van der Waals surface area (Å²) < 4.78 is 5.56. The average Bonchev–Trinajstić information content (AvgIpc) is 3.33. The first-order chi connectivity index (χ1) is 12.5. The highest BCUT2D eigenvalue weighted by Crippen LogP contribution is 2.48. The zero-order chi connectivity index (χ0) is 18.7. The van der Waals surface area contributed by atoms with Crippen molar-refractivity contribution < 1.29 is 19.1 Å². The molecule has 3 atom stereocenters. The molecule has 26 heavy (non-hydrogen) atoms. The van der Waals surface area contributed by atoms with Crippen LogP contribution >= 0.6 is 0 Å². The van der Waals surface area contributed by atoms with Crippen LogP contribution in [0, 0.1) is 11.3 Å². The van der Waals surface area contributed by atoms with Crippen LogP contribution in [-0.2, 0) is 4.79 Å². The Morgan fingerprint density at radius 2 is 2.23 bits per heavy atom. The fourth-order valence-corrected chi connectivity index (χ4v) is 4.64. The minimum Gasteiger partial charge on any atom is -0.481 e. The van der Waals surface area contributed by atoms with Crippen molar-refractivity contribution in [3.8, 4) is 0 Å². The van der Waals surface area contributed by atoms with Crippen molar-refractivity contribution >= 4 is 12.0 Å². The van der Waals surface area contributed by atoms with Crippen molar-refractivity contribution in [2.75, 3.05) is 32.7 Å². The number of carbonyl (C=O) groups excluding carboxylic acids is 1. The number of likely N-dealkylation sites (N-methyl/N-ethyl adjacent to an activating group) is 1. The minimum absolute atomic E-state index is 0.0283. The van der Waals surface area contributed by atoms with E-state index in [0.717, 1.165) is 31.7 Å². The largest absolute Gasteiger partial charge is 0.481 e. The number of nitrogens with one attached hydrogen (secondary N) is 1. The van der Waals surface area contributed by atoms with Gasteiger partial charge >= 0.3 is 12.0 Å². The van der Waals surface area contributed by atoms with E-state index < -0.39 is 11.4 Å². The molecule has 1 aliphatic heterocycles. The average molecular weight is 363 g/mol. The van der Waals surface area contributed by atoms with Gasteiger partial charge in [-0.3, -0.25) is 9.69 Å². The number of urea groups is 1. The Kier molecular flexibility index (Phi) is 5.55. The summed E-state index contributed by atoms with van der Waals surface area (Å²) in [5.41, 5.74) is -0.739. The van der Waals surface area contributed by atoms with Crippen molar-refractivity contribution in [1.82, 2.24) is 15.1 Å². The number of rotatable bonds is 7. The molecule has 1 aliphatic carbocycles. The van der Waals surface area contributed by atoms with Crippen LogP contribution in [0.15, 0.2) is 22.8 Å². The molecule has 7 heteroatoms. The molecule has 1 saturated carbocycles. The Hall–Kier alpha value is -2.02. The van der Waals surface area contributed by atoms with Gasteiger partial charge in [0.1, 0.15) is 5.76 Å². The number of hydrogen-bond acceptors (Lipinski definition) is 4. The van der Waals surface area contributed by atoms with Gasteiger partial charge in [0.05, 0.1) is 17.7 Å². The number of furan rings is 1. The Labute approximate surface area is 154 Å². The molecule has 2 heterocycles. The van der Waals surface area contributed by atoms with Gasteiger partial charge in [-0.1, -0.05) is 20.3 Å². The van der Waals surface area contributed by atoms with Crippen molar-refractivity contribution in [3.63, 3.8) is 0 Å². The molecule has 1 aromatic rings. The van der Waals surface area contributed by atoms with Gasteiger partial charge in [-0.2, -0.15) is 0 Å². The molecule has 2 N–H and O–H groups in total.